The Morgan fingerprint density at radius 3 is 2.16 bits per heavy atom. The van der Waals surface area contributed by atoms with E-state index in [1.54, 1.807) is 5.92 Å². The molecular weight excluding hydrogens is 306 g/mol. The molecule has 2 fully saturated rings. The van der Waals surface area contributed by atoms with Crippen LogP contribution in [0.4, 0.5) is 0 Å². The van der Waals surface area contributed by atoms with Gasteiger partial charge in [0.1, 0.15) is 0 Å². The van der Waals surface area contributed by atoms with Gasteiger partial charge < -0.3 is 9.47 Å². The van der Waals surface area contributed by atoms with E-state index in [2.05, 4.69) is 79.6 Å². The van der Waals surface area contributed by atoms with Gasteiger partial charge in [-0.1, -0.05) is 45.9 Å². The first-order valence-electron chi connectivity index (χ1n) is 9.69. The standard InChI is InChI=1S/C22H32N3/c1-21(2)20(22(21,3)4)18-16-25(19-9-7-6-8-17(18)19)15-14-24-12-10-23(5)11-13-24/h6-9,16H,10-15H2,1-5H3. The third-order valence-corrected chi connectivity index (χ3v) is 7.06. The van der Waals surface area contributed by atoms with Crippen LogP contribution in [-0.4, -0.2) is 54.1 Å². The molecule has 4 rings (SSSR count). The summed E-state index contributed by atoms with van der Waals surface area (Å²) in [6, 6.07) is 8.94. The molecule has 3 heteroatoms. The van der Waals surface area contributed by atoms with Crippen molar-refractivity contribution in [3.63, 3.8) is 0 Å². The van der Waals surface area contributed by atoms with Gasteiger partial charge in [0.25, 0.3) is 0 Å². The fraction of sp³-hybridized carbons (Fsp3) is 0.591. The topological polar surface area (TPSA) is 11.4 Å². The molecule has 2 heterocycles. The van der Waals surface area contributed by atoms with Gasteiger partial charge in [-0.05, 0) is 29.5 Å². The summed E-state index contributed by atoms with van der Waals surface area (Å²) in [6.45, 7) is 16.6. The van der Waals surface area contributed by atoms with E-state index in [4.69, 9.17) is 0 Å². The molecule has 3 nitrogen and oxygen atoms in total. The highest BCUT2D eigenvalue weighted by atomic mass is 15.2. The Hall–Kier alpha value is -1.32. The molecule has 2 aromatic rings. The van der Waals surface area contributed by atoms with Crippen LogP contribution in [-0.2, 0) is 6.54 Å². The summed E-state index contributed by atoms with van der Waals surface area (Å²) in [5.74, 6) is 1.62. The summed E-state index contributed by atoms with van der Waals surface area (Å²) >= 11 is 0. The lowest BCUT2D eigenvalue weighted by molar-refractivity contribution is 0.150. The molecule has 135 valence electrons. The van der Waals surface area contributed by atoms with E-state index in [9.17, 15) is 0 Å². The molecule has 0 atom stereocenters. The molecule has 0 unspecified atom stereocenters. The smallest absolute Gasteiger partial charge is 0.0483 e. The second-order valence-electron chi connectivity index (χ2n) is 9.02. The fourth-order valence-corrected chi connectivity index (χ4v) is 4.66. The zero-order chi connectivity index (χ0) is 17.8. The van der Waals surface area contributed by atoms with Crippen LogP contribution in [0.15, 0.2) is 30.5 Å². The average molecular weight is 339 g/mol. The third-order valence-electron chi connectivity index (χ3n) is 7.06. The fourth-order valence-electron chi connectivity index (χ4n) is 4.66. The molecule has 1 aromatic heterocycles. The van der Waals surface area contributed by atoms with Gasteiger partial charge in [0.05, 0.1) is 0 Å². The zero-order valence-electron chi connectivity index (χ0n) is 16.5. The van der Waals surface area contributed by atoms with Crippen molar-refractivity contribution in [2.45, 2.75) is 34.2 Å². The van der Waals surface area contributed by atoms with Gasteiger partial charge in [-0.25, -0.2) is 0 Å². The minimum Gasteiger partial charge on any atom is -0.346 e. The summed E-state index contributed by atoms with van der Waals surface area (Å²) in [4.78, 5) is 5.03. The van der Waals surface area contributed by atoms with Crippen molar-refractivity contribution in [3.05, 3.63) is 41.9 Å². The van der Waals surface area contributed by atoms with Crippen molar-refractivity contribution in [1.82, 2.24) is 14.4 Å². The molecule has 0 spiro atoms. The quantitative estimate of drug-likeness (QED) is 0.838. The number of hydrogen-bond acceptors (Lipinski definition) is 2. The first-order chi connectivity index (χ1) is 11.8. The van der Waals surface area contributed by atoms with Crippen molar-refractivity contribution in [1.29, 1.82) is 0 Å². The van der Waals surface area contributed by atoms with Gasteiger partial charge in [-0.3, -0.25) is 4.90 Å². The molecule has 1 aromatic carbocycles. The van der Waals surface area contributed by atoms with Crippen molar-refractivity contribution in [2.75, 3.05) is 39.8 Å². The Kier molecular flexibility index (Phi) is 4.01. The zero-order valence-corrected chi connectivity index (χ0v) is 16.5. The van der Waals surface area contributed by atoms with E-state index in [1.165, 1.54) is 42.6 Å². The van der Waals surface area contributed by atoms with Crippen LogP contribution in [0.25, 0.3) is 10.9 Å². The molecule has 1 radical (unpaired) electrons. The highest BCUT2D eigenvalue weighted by Gasteiger charge is 2.66. The highest BCUT2D eigenvalue weighted by Crippen LogP contribution is 2.73. The molecule has 1 saturated heterocycles. The largest absolute Gasteiger partial charge is 0.346 e. The number of para-hydroxylation sites is 1. The van der Waals surface area contributed by atoms with Gasteiger partial charge in [0.15, 0.2) is 0 Å². The van der Waals surface area contributed by atoms with Crippen LogP contribution < -0.4 is 0 Å². The molecular formula is C22H32N3. The molecule has 2 aliphatic rings. The molecule has 0 amide bonds. The monoisotopic (exact) mass is 338 g/mol. The molecule has 0 N–H and O–H groups in total. The number of fused-ring (bicyclic) bond motifs is 1. The number of piperazine rings is 1. The highest BCUT2D eigenvalue weighted by molar-refractivity contribution is 5.88. The first kappa shape index (κ1) is 17.1. The van der Waals surface area contributed by atoms with E-state index in [0.29, 0.717) is 10.8 Å². The second-order valence-corrected chi connectivity index (χ2v) is 9.02. The average Bonchev–Trinajstić information content (AvgIpc) is 2.85. The van der Waals surface area contributed by atoms with Crippen LogP contribution in [0.5, 0.6) is 0 Å². The van der Waals surface area contributed by atoms with Gasteiger partial charge in [0.2, 0.25) is 0 Å². The second kappa shape index (κ2) is 5.85. The minimum atomic E-state index is 0.305. The normalized spacial score (nSPS) is 24.0. The van der Waals surface area contributed by atoms with E-state index < -0.39 is 0 Å². The predicted molar refractivity (Wildman–Crippen MR) is 106 cm³/mol. The maximum atomic E-state index is 2.60. The summed E-state index contributed by atoms with van der Waals surface area (Å²) in [5, 5.41) is 1.43. The number of likely N-dealkylation sites (N-methyl/N-ethyl adjacent to an activating group) is 1. The number of benzene rings is 1. The molecule has 25 heavy (non-hydrogen) atoms. The predicted octanol–water partition coefficient (Wildman–Crippen LogP) is 3.88. The molecule has 0 bridgehead atoms. The Morgan fingerprint density at radius 1 is 0.880 bits per heavy atom. The minimum absolute atomic E-state index is 0.305. The van der Waals surface area contributed by atoms with Crippen LogP contribution in [0.2, 0.25) is 0 Å². The van der Waals surface area contributed by atoms with E-state index in [0.717, 1.165) is 13.1 Å². The lowest BCUT2D eigenvalue weighted by Crippen LogP contribution is -2.45. The van der Waals surface area contributed by atoms with Crippen LogP contribution in [0, 0.1) is 16.7 Å². The van der Waals surface area contributed by atoms with Crippen molar-refractivity contribution in [3.8, 4) is 0 Å². The van der Waals surface area contributed by atoms with Crippen LogP contribution in [0.1, 0.15) is 33.3 Å². The lowest BCUT2D eigenvalue weighted by Gasteiger charge is -2.32. The Bertz CT molecular complexity index is 749. The van der Waals surface area contributed by atoms with E-state index >= 15 is 0 Å². The van der Waals surface area contributed by atoms with Gasteiger partial charge in [-0.2, -0.15) is 0 Å². The van der Waals surface area contributed by atoms with Gasteiger partial charge in [-0.15, -0.1) is 0 Å². The number of aromatic nitrogens is 1. The van der Waals surface area contributed by atoms with Gasteiger partial charge in [0, 0.05) is 62.3 Å². The molecule has 1 saturated carbocycles. The SMILES string of the molecule is CN1CCN(CCn2cc([C]3C(C)(C)C3(C)C)c3ccccc32)CC1. The van der Waals surface area contributed by atoms with Crippen molar-refractivity contribution >= 4 is 10.9 Å². The number of nitrogens with zero attached hydrogens (tertiary/aromatic N) is 3. The Labute approximate surface area is 152 Å². The summed E-state index contributed by atoms with van der Waals surface area (Å²) in [5.41, 5.74) is 3.47. The van der Waals surface area contributed by atoms with Gasteiger partial charge >= 0.3 is 0 Å². The van der Waals surface area contributed by atoms with Crippen LogP contribution in [0.3, 0.4) is 0 Å². The molecule has 1 aliphatic heterocycles. The first-order valence-corrected chi connectivity index (χ1v) is 9.69. The summed E-state index contributed by atoms with van der Waals surface area (Å²) in [6.07, 6.45) is 2.42. The molecule has 1 aliphatic carbocycles. The number of hydrogen-bond donors (Lipinski definition) is 0. The Balaban J connectivity index is 1.58. The maximum absolute atomic E-state index is 2.60. The van der Waals surface area contributed by atoms with Crippen molar-refractivity contribution in [2.24, 2.45) is 10.8 Å². The van der Waals surface area contributed by atoms with Crippen LogP contribution >= 0.6 is 0 Å². The maximum Gasteiger partial charge on any atom is 0.0483 e. The third kappa shape index (κ3) is 2.72. The van der Waals surface area contributed by atoms with Crippen molar-refractivity contribution < 1.29 is 0 Å². The van der Waals surface area contributed by atoms with E-state index in [1.807, 2.05) is 0 Å². The van der Waals surface area contributed by atoms with E-state index in [-0.39, 0.29) is 0 Å². The Morgan fingerprint density at radius 2 is 1.52 bits per heavy atom. The number of rotatable bonds is 4. The summed E-state index contributed by atoms with van der Waals surface area (Å²) in [7, 11) is 2.22. The summed E-state index contributed by atoms with van der Waals surface area (Å²) < 4.78 is 2.49. The lowest BCUT2D eigenvalue weighted by atomic mass is 10.0.